The Labute approximate surface area is 140 Å². The Balaban J connectivity index is 1.53. The van der Waals surface area contributed by atoms with Crippen molar-refractivity contribution in [2.24, 2.45) is 0 Å². The molecule has 4 aromatic rings. The van der Waals surface area contributed by atoms with Crippen LogP contribution in [0.1, 0.15) is 16.1 Å². The van der Waals surface area contributed by atoms with E-state index in [0.29, 0.717) is 12.2 Å². The fourth-order valence-electron chi connectivity index (χ4n) is 3.07. The van der Waals surface area contributed by atoms with Crippen LogP contribution in [-0.4, -0.2) is 17.4 Å². The average molecular weight is 314 g/mol. The summed E-state index contributed by atoms with van der Waals surface area (Å²) >= 11 is 0. The molecule has 0 saturated carbocycles. The second-order valence-corrected chi connectivity index (χ2v) is 5.92. The molecule has 0 atom stereocenters. The molecule has 0 aliphatic heterocycles. The molecule has 0 radical (unpaired) electrons. The van der Waals surface area contributed by atoms with Crippen LogP contribution in [0.5, 0.6) is 0 Å². The molecule has 3 heteroatoms. The third-order valence-electron chi connectivity index (χ3n) is 4.32. The summed E-state index contributed by atoms with van der Waals surface area (Å²) in [4.78, 5) is 15.6. The average Bonchev–Trinajstić information content (AvgIpc) is 3.07. The van der Waals surface area contributed by atoms with Crippen LogP contribution in [0.15, 0.2) is 72.8 Å². The van der Waals surface area contributed by atoms with E-state index in [4.69, 9.17) is 0 Å². The zero-order valence-corrected chi connectivity index (χ0v) is 13.3. The molecule has 2 N–H and O–H groups in total. The Bertz CT molecular complexity index is 1000. The fourth-order valence-corrected chi connectivity index (χ4v) is 3.07. The summed E-state index contributed by atoms with van der Waals surface area (Å²) in [6.07, 6.45) is 0.829. The highest BCUT2D eigenvalue weighted by Gasteiger charge is 2.10. The number of rotatable bonds is 4. The van der Waals surface area contributed by atoms with E-state index in [0.717, 1.165) is 22.7 Å². The van der Waals surface area contributed by atoms with Crippen molar-refractivity contribution in [3.05, 3.63) is 84.1 Å². The summed E-state index contributed by atoms with van der Waals surface area (Å²) in [6.45, 7) is 0.624. The van der Waals surface area contributed by atoms with Gasteiger partial charge in [-0.3, -0.25) is 4.79 Å². The zero-order valence-electron chi connectivity index (χ0n) is 13.3. The summed E-state index contributed by atoms with van der Waals surface area (Å²) < 4.78 is 0. The first-order chi connectivity index (χ1) is 11.8. The van der Waals surface area contributed by atoms with E-state index in [9.17, 15) is 4.79 Å². The Morgan fingerprint density at radius 2 is 1.67 bits per heavy atom. The minimum atomic E-state index is -0.0637. The second-order valence-electron chi connectivity index (χ2n) is 5.92. The third-order valence-corrected chi connectivity index (χ3v) is 4.32. The van der Waals surface area contributed by atoms with Crippen LogP contribution in [0.2, 0.25) is 0 Å². The first kappa shape index (κ1) is 14.5. The van der Waals surface area contributed by atoms with Gasteiger partial charge in [0.15, 0.2) is 0 Å². The van der Waals surface area contributed by atoms with Crippen molar-refractivity contribution < 1.29 is 4.79 Å². The van der Waals surface area contributed by atoms with Crippen LogP contribution in [0, 0.1) is 0 Å². The highest BCUT2D eigenvalue weighted by Crippen LogP contribution is 2.25. The van der Waals surface area contributed by atoms with E-state index < -0.39 is 0 Å². The van der Waals surface area contributed by atoms with Gasteiger partial charge in [-0.1, -0.05) is 60.7 Å². The molecule has 3 aromatic carbocycles. The molecule has 0 saturated heterocycles. The van der Waals surface area contributed by atoms with Crippen molar-refractivity contribution in [3.63, 3.8) is 0 Å². The van der Waals surface area contributed by atoms with E-state index in [-0.39, 0.29) is 5.91 Å². The molecule has 118 valence electrons. The number of benzene rings is 3. The van der Waals surface area contributed by atoms with E-state index in [2.05, 4.69) is 40.6 Å². The second kappa shape index (κ2) is 6.20. The van der Waals surface area contributed by atoms with Gasteiger partial charge in [-0.15, -0.1) is 0 Å². The lowest BCUT2D eigenvalue weighted by Crippen LogP contribution is -2.25. The normalized spacial score (nSPS) is 11.0. The molecule has 0 bridgehead atoms. The Morgan fingerprint density at radius 3 is 2.54 bits per heavy atom. The van der Waals surface area contributed by atoms with E-state index in [1.807, 2.05) is 42.5 Å². The lowest BCUT2D eigenvalue weighted by atomic mass is 10.1. The number of aromatic amines is 1. The monoisotopic (exact) mass is 314 g/mol. The maximum Gasteiger partial charge on any atom is 0.267 e. The quantitative estimate of drug-likeness (QED) is 0.580. The number of hydrogen-bond acceptors (Lipinski definition) is 1. The molecule has 1 heterocycles. The topological polar surface area (TPSA) is 44.9 Å². The molecular formula is C21H18N2O. The lowest BCUT2D eigenvalue weighted by Gasteiger charge is -2.03. The molecule has 0 aliphatic carbocycles. The number of nitrogens with one attached hydrogen (secondary N) is 2. The van der Waals surface area contributed by atoms with Crippen LogP contribution < -0.4 is 5.32 Å². The minimum Gasteiger partial charge on any atom is -0.351 e. The summed E-state index contributed by atoms with van der Waals surface area (Å²) in [6, 6.07) is 24.4. The first-order valence-electron chi connectivity index (χ1n) is 8.14. The van der Waals surface area contributed by atoms with Gasteiger partial charge in [-0.25, -0.2) is 0 Å². The van der Waals surface area contributed by atoms with Crippen LogP contribution in [0.4, 0.5) is 0 Å². The number of fused-ring (bicyclic) bond motifs is 3. The fraction of sp³-hybridized carbons (Fsp3) is 0.0952. The van der Waals surface area contributed by atoms with Crippen molar-refractivity contribution in [1.82, 2.24) is 10.3 Å². The Kier molecular flexibility index (Phi) is 3.75. The van der Waals surface area contributed by atoms with Crippen molar-refractivity contribution in [2.45, 2.75) is 6.42 Å². The molecule has 0 fully saturated rings. The predicted octanol–water partition coefficient (Wildman–Crippen LogP) is 4.29. The minimum absolute atomic E-state index is 0.0637. The van der Waals surface area contributed by atoms with Gasteiger partial charge in [-0.2, -0.15) is 0 Å². The van der Waals surface area contributed by atoms with Crippen LogP contribution in [0.25, 0.3) is 21.7 Å². The molecule has 4 rings (SSSR count). The van der Waals surface area contributed by atoms with Crippen molar-refractivity contribution in [2.75, 3.05) is 6.54 Å². The molecule has 0 spiro atoms. The summed E-state index contributed by atoms with van der Waals surface area (Å²) in [5, 5.41) is 6.41. The van der Waals surface area contributed by atoms with Crippen LogP contribution in [0.3, 0.4) is 0 Å². The smallest absolute Gasteiger partial charge is 0.267 e. The van der Waals surface area contributed by atoms with Crippen molar-refractivity contribution >= 4 is 27.6 Å². The van der Waals surface area contributed by atoms with E-state index in [1.165, 1.54) is 10.9 Å². The standard InChI is InChI=1S/C21H18N2O/c24-21(22-13-12-15-6-2-1-3-7-15)20-14-18-17-9-5-4-8-16(17)10-11-19(18)23-20/h1-11,14,23H,12-13H2,(H,22,24). The summed E-state index contributed by atoms with van der Waals surface area (Å²) in [5.74, 6) is -0.0637. The summed E-state index contributed by atoms with van der Waals surface area (Å²) in [5.41, 5.74) is 2.82. The number of amides is 1. The molecule has 0 unspecified atom stereocenters. The first-order valence-corrected chi connectivity index (χ1v) is 8.14. The zero-order chi connectivity index (χ0) is 16.4. The van der Waals surface area contributed by atoms with E-state index in [1.54, 1.807) is 0 Å². The molecule has 3 nitrogen and oxygen atoms in total. The maximum absolute atomic E-state index is 12.4. The van der Waals surface area contributed by atoms with Gasteiger partial charge in [0.05, 0.1) is 0 Å². The molecule has 24 heavy (non-hydrogen) atoms. The number of carbonyl (C=O) groups is 1. The van der Waals surface area contributed by atoms with Crippen molar-refractivity contribution in [3.8, 4) is 0 Å². The van der Waals surface area contributed by atoms with Crippen LogP contribution >= 0.6 is 0 Å². The lowest BCUT2D eigenvalue weighted by molar-refractivity contribution is 0.0950. The number of carbonyl (C=O) groups excluding carboxylic acids is 1. The molecular weight excluding hydrogens is 296 g/mol. The van der Waals surface area contributed by atoms with Crippen LogP contribution in [-0.2, 0) is 6.42 Å². The molecule has 0 aliphatic rings. The Morgan fingerprint density at radius 1 is 0.875 bits per heavy atom. The Hall–Kier alpha value is -3.07. The SMILES string of the molecule is O=C(NCCc1ccccc1)c1cc2c(ccc3ccccc32)[nH]1. The largest absolute Gasteiger partial charge is 0.351 e. The molecule has 1 aromatic heterocycles. The van der Waals surface area contributed by atoms with Gasteiger partial charge in [0.2, 0.25) is 0 Å². The van der Waals surface area contributed by atoms with E-state index >= 15 is 0 Å². The number of aromatic nitrogens is 1. The molecule has 1 amide bonds. The van der Waals surface area contributed by atoms with Gasteiger partial charge >= 0.3 is 0 Å². The van der Waals surface area contributed by atoms with Gasteiger partial charge in [-0.05, 0) is 34.9 Å². The summed E-state index contributed by atoms with van der Waals surface area (Å²) in [7, 11) is 0. The third kappa shape index (κ3) is 2.76. The van der Waals surface area contributed by atoms with Crippen molar-refractivity contribution in [1.29, 1.82) is 0 Å². The highest BCUT2D eigenvalue weighted by molar-refractivity contribution is 6.09. The van der Waals surface area contributed by atoms with Gasteiger partial charge in [0, 0.05) is 17.4 Å². The van der Waals surface area contributed by atoms with Gasteiger partial charge in [0.25, 0.3) is 5.91 Å². The van der Waals surface area contributed by atoms with Gasteiger partial charge < -0.3 is 10.3 Å². The predicted molar refractivity (Wildman–Crippen MR) is 98.3 cm³/mol. The number of hydrogen-bond donors (Lipinski definition) is 2. The maximum atomic E-state index is 12.4. The van der Waals surface area contributed by atoms with Gasteiger partial charge in [0.1, 0.15) is 5.69 Å². The number of H-pyrrole nitrogens is 1. The highest BCUT2D eigenvalue weighted by atomic mass is 16.1.